The molecule has 25 heavy (non-hydrogen) atoms. The maximum Gasteiger partial charge on any atom is 0.266 e. The number of unbranched alkanes of at least 4 members (excludes halogenated alkanes) is 1. The number of benzene rings is 2. The van der Waals surface area contributed by atoms with Gasteiger partial charge in [-0.2, -0.15) is 0 Å². The third-order valence-electron chi connectivity index (χ3n) is 4.53. The van der Waals surface area contributed by atoms with E-state index < -0.39 is 0 Å². The minimum atomic E-state index is -0.0148. The van der Waals surface area contributed by atoms with Crippen LogP contribution < -0.4 is 10.9 Å². The molecule has 1 aromatic heterocycles. The molecule has 3 rings (SSSR count). The molecule has 0 saturated carbocycles. The number of rotatable bonds is 6. The van der Waals surface area contributed by atoms with E-state index in [1.807, 2.05) is 55.5 Å². The lowest BCUT2D eigenvalue weighted by Gasteiger charge is -2.20. The maximum atomic E-state index is 13.2. The van der Waals surface area contributed by atoms with Crippen molar-refractivity contribution in [2.24, 2.45) is 0 Å². The Morgan fingerprint density at radius 2 is 1.84 bits per heavy atom. The Morgan fingerprint density at radius 1 is 1.12 bits per heavy atom. The van der Waals surface area contributed by atoms with E-state index in [-0.39, 0.29) is 11.6 Å². The molecule has 0 aliphatic heterocycles. The summed E-state index contributed by atoms with van der Waals surface area (Å²) in [6, 6.07) is 15.5. The Hall–Kier alpha value is -2.46. The first kappa shape index (κ1) is 17.4. The van der Waals surface area contributed by atoms with Gasteiger partial charge in [0.25, 0.3) is 5.56 Å². The third kappa shape index (κ3) is 3.49. The van der Waals surface area contributed by atoms with Crippen molar-refractivity contribution in [1.82, 2.24) is 14.9 Å². The van der Waals surface area contributed by atoms with Gasteiger partial charge in [-0.05, 0) is 50.6 Å². The molecule has 4 nitrogen and oxygen atoms in total. The van der Waals surface area contributed by atoms with E-state index in [9.17, 15) is 4.79 Å². The van der Waals surface area contributed by atoms with Crippen LogP contribution in [0.2, 0.25) is 0 Å². The van der Waals surface area contributed by atoms with Gasteiger partial charge < -0.3 is 5.32 Å². The molecule has 0 spiro atoms. The Bertz CT molecular complexity index is 930. The number of aryl methyl sites for hydroxylation is 1. The van der Waals surface area contributed by atoms with Crippen LogP contribution >= 0.6 is 0 Å². The standard InChI is InChI=1S/C21H25N3O/c1-4-5-14-22-16(3)20-23-18-12-8-7-11-17(18)21(25)24(20)19-13-9-6-10-15(19)2/h6-13,16,22H,4-5,14H2,1-3H3/t16-/m1/s1. The molecule has 0 unspecified atom stereocenters. The van der Waals surface area contributed by atoms with E-state index in [0.29, 0.717) is 5.39 Å². The highest BCUT2D eigenvalue weighted by Gasteiger charge is 2.18. The van der Waals surface area contributed by atoms with Crippen molar-refractivity contribution < 1.29 is 0 Å². The normalized spacial score (nSPS) is 12.4. The van der Waals surface area contributed by atoms with Gasteiger partial charge in [0.05, 0.1) is 22.6 Å². The number of nitrogens with zero attached hydrogens (tertiary/aromatic N) is 2. The van der Waals surface area contributed by atoms with Crippen LogP contribution in [0.5, 0.6) is 0 Å². The van der Waals surface area contributed by atoms with Crippen LogP contribution in [0.3, 0.4) is 0 Å². The molecule has 0 aliphatic carbocycles. The fourth-order valence-corrected chi connectivity index (χ4v) is 3.07. The number of para-hydroxylation sites is 2. The first-order valence-corrected chi connectivity index (χ1v) is 8.94. The molecular weight excluding hydrogens is 310 g/mol. The second kappa shape index (κ2) is 7.62. The molecule has 0 saturated heterocycles. The molecule has 0 amide bonds. The zero-order valence-corrected chi connectivity index (χ0v) is 15.1. The summed E-state index contributed by atoms with van der Waals surface area (Å²) < 4.78 is 1.77. The maximum absolute atomic E-state index is 13.2. The van der Waals surface area contributed by atoms with Crippen molar-refractivity contribution in [1.29, 1.82) is 0 Å². The topological polar surface area (TPSA) is 46.9 Å². The van der Waals surface area contributed by atoms with Crippen molar-refractivity contribution in [2.75, 3.05) is 6.54 Å². The van der Waals surface area contributed by atoms with Crippen LogP contribution in [0.25, 0.3) is 16.6 Å². The molecule has 0 fully saturated rings. The predicted octanol–water partition coefficient (Wildman–Crippen LogP) is 4.14. The molecule has 1 atom stereocenters. The van der Waals surface area contributed by atoms with Gasteiger partial charge in [0.15, 0.2) is 0 Å². The fraction of sp³-hybridized carbons (Fsp3) is 0.333. The molecule has 0 bridgehead atoms. The van der Waals surface area contributed by atoms with Crippen molar-refractivity contribution in [3.05, 3.63) is 70.3 Å². The Morgan fingerprint density at radius 3 is 2.60 bits per heavy atom. The van der Waals surface area contributed by atoms with Crippen LogP contribution in [0.15, 0.2) is 53.3 Å². The van der Waals surface area contributed by atoms with Gasteiger partial charge in [0.1, 0.15) is 5.82 Å². The van der Waals surface area contributed by atoms with Gasteiger partial charge in [0, 0.05) is 0 Å². The highest BCUT2D eigenvalue weighted by Crippen LogP contribution is 2.20. The molecule has 130 valence electrons. The highest BCUT2D eigenvalue weighted by atomic mass is 16.1. The Balaban J connectivity index is 2.21. The number of hydrogen-bond acceptors (Lipinski definition) is 3. The molecule has 0 aliphatic rings. The minimum Gasteiger partial charge on any atom is -0.308 e. The molecular formula is C21H25N3O. The van der Waals surface area contributed by atoms with E-state index >= 15 is 0 Å². The van der Waals surface area contributed by atoms with Crippen LogP contribution in [-0.4, -0.2) is 16.1 Å². The second-order valence-electron chi connectivity index (χ2n) is 6.44. The Labute approximate surface area is 148 Å². The molecule has 4 heteroatoms. The van der Waals surface area contributed by atoms with Crippen LogP contribution in [-0.2, 0) is 0 Å². The summed E-state index contributed by atoms with van der Waals surface area (Å²) in [5.74, 6) is 0.758. The van der Waals surface area contributed by atoms with Crippen molar-refractivity contribution in [3.8, 4) is 5.69 Å². The predicted molar refractivity (Wildman–Crippen MR) is 103 cm³/mol. The number of nitrogens with one attached hydrogen (secondary N) is 1. The van der Waals surface area contributed by atoms with E-state index in [2.05, 4.69) is 19.2 Å². The summed E-state index contributed by atoms with van der Waals surface area (Å²) in [7, 11) is 0. The van der Waals surface area contributed by atoms with Gasteiger partial charge in [-0.25, -0.2) is 4.98 Å². The molecule has 1 heterocycles. The van der Waals surface area contributed by atoms with Crippen LogP contribution in [0.1, 0.15) is 44.1 Å². The smallest absolute Gasteiger partial charge is 0.266 e. The lowest BCUT2D eigenvalue weighted by molar-refractivity contribution is 0.520. The first-order chi connectivity index (χ1) is 12.1. The van der Waals surface area contributed by atoms with E-state index in [1.54, 1.807) is 4.57 Å². The SMILES string of the molecule is CCCCN[C@H](C)c1nc2ccccc2c(=O)n1-c1ccccc1C. The van der Waals surface area contributed by atoms with Gasteiger partial charge in [-0.3, -0.25) is 9.36 Å². The summed E-state index contributed by atoms with van der Waals surface area (Å²) in [6.45, 7) is 7.18. The monoisotopic (exact) mass is 335 g/mol. The van der Waals surface area contributed by atoms with E-state index in [1.165, 1.54) is 0 Å². The zero-order chi connectivity index (χ0) is 17.8. The van der Waals surface area contributed by atoms with Crippen molar-refractivity contribution in [3.63, 3.8) is 0 Å². The quantitative estimate of drug-likeness (QED) is 0.689. The molecule has 2 aromatic carbocycles. The number of aromatic nitrogens is 2. The van der Waals surface area contributed by atoms with Gasteiger partial charge >= 0.3 is 0 Å². The Kier molecular flexibility index (Phi) is 5.29. The van der Waals surface area contributed by atoms with Crippen molar-refractivity contribution in [2.45, 2.75) is 39.7 Å². The lowest BCUT2D eigenvalue weighted by atomic mass is 10.1. The van der Waals surface area contributed by atoms with Crippen LogP contribution in [0.4, 0.5) is 0 Å². The van der Waals surface area contributed by atoms with E-state index in [0.717, 1.165) is 42.0 Å². The summed E-state index contributed by atoms with van der Waals surface area (Å²) in [4.78, 5) is 18.1. The van der Waals surface area contributed by atoms with Crippen LogP contribution in [0, 0.1) is 6.92 Å². The minimum absolute atomic E-state index is 0.0107. The third-order valence-corrected chi connectivity index (χ3v) is 4.53. The van der Waals surface area contributed by atoms with Gasteiger partial charge in [-0.1, -0.05) is 43.7 Å². The first-order valence-electron chi connectivity index (χ1n) is 8.94. The molecule has 0 radical (unpaired) electrons. The van der Waals surface area contributed by atoms with E-state index in [4.69, 9.17) is 4.98 Å². The summed E-state index contributed by atoms with van der Waals surface area (Å²) in [6.07, 6.45) is 2.24. The largest absolute Gasteiger partial charge is 0.308 e. The molecule has 3 aromatic rings. The number of hydrogen-bond donors (Lipinski definition) is 1. The lowest BCUT2D eigenvalue weighted by Crippen LogP contribution is -2.31. The average molecular weight is 335 g/mol. The summed E-state index contributed by atoms with van der Waals surface area (Å²) in [5.41, 5.74) is 2.68. The average Bonchev–Trinajstić information content (AvgIpc) is 2.63. The van der Waals surface area contributed by atoms with Gasteiger partial charge in [-0.15, -0.1) is 0 Å². The number of fused-ring (bicyclic) bond motifs is 1. The highest BCUT2D eigenvalue weighted by molar-refractivity contribution is 5.78. The summed E-state index contributed by atoms with van der Waals surface area (Å²) >= 11 is 0. The zero-order valence-electron chi connectivity index (χ0n) is 15.1. The van der Waals surface area contributed by atoms with Crippen molar-refractivity contribution >= 4 is 10.9 Å². The molecule has 1 N–H and O–H groups in total. The van der Waals surface area contributed by atoms with Gasteiger partial charge in [0.2, 0.25) is 0 Å². The summed E-state index contributed by atoms with van der Waals surface area (Å²) in [5, 5.41) is 4.15. The fourth-order valence-electron chi connectivity index (χ4n) is 3.07. The second-order valence-corrected chi connectivity index (χ2v) is 6.44.